The molecule has 0 saturated heterocycles. The summed E-state index contributed by atoms with van der Waals surface area (Å²) in [4.78, 5) is 0. The molecule has 0 amide bonds. The van der Waals surface area contributed by atoms with E-state index < -0.39 is 10.0 Å². The lowest BCUT2D eigenvalue weighted by atomic mass is 9.98. The molecule has 0 bridgehead atoms. The molecule has 0 spiro atoms. The third kappa shape index (κ3) is 5.85. The Morgan fingerprint density at radius 2 is 1.93 bits per heavy atom. The Balaban J connectivity index is 2.06. The molecule has 0 aromatic heterocycles. The lowest BCUT2D eigenvalue weighted by Gasteiger charge is -2.21. The smallest absolute Gasteiger partial charge is 0.221 e. The van der Waals surface area contributed by atoms with Crippen molar-refractivity contribution in [1.82, 2.24) is 4.72 Å². The summed E-state index contributed by atoms with van der Waals surface area (Å²) in [5.74, 6) is 0. The fraction of sp³-hybridized carbons (Fsp3) is 1.00. The molecule has 1 fully saturated rings. The predicted octanol–water partition coefficient (Wildman–Crippen LogP) is 1.61. The largest absolute Gasteiger partial charge is 0.377 e. The molecule has 0 radical (unpaired) electrons. The molecule has 0 unspecified atom stereocenters. The van der Waals surface area contributed by atoms with E-state index in [1.165, 1.54) is 19.3 Å². The first kappa shape index (κ1) is 13.4. The van der Waals surface area contributed by atoms with E-state index >= 15 is 0 Å². The summed E-state index contributed by atoms with van der Waals surface area (Å²) < 4.78 is 30.1. The van der Waals surface area contributed by atoms with Crippen molar-refractivity contribution in [3.05, 3.63) is 0 Å². The van der Waals surface area contributed by atoms with E-state index in [9.17, 15) is 8.42 Å². The van der Waals surface area contributed by atoms with Gasteiger partial charge in [-0.25, -0.2) is 13.1 Å². The van der Waals surface area contributed by atoms with Crippen molar-refractivity contribution >= 4 is 26.0 Å². The van der Waals surface area contributed by atoms with Crippen LogP contribution in [-0.2, 0) is 14.8 Å². The van der Waals surface area contributed by atoms with Gasteiger partial charge < -0.3 is 4.74 Å². The molecule has 1 aliphatic carbocycles. The maximum Gasteiger partial charge on any atom is 0.221 e. The van der Waals surface area contributed by atoms with Crippen LogP contribution < -0.4 is 4.72 Å². The molecule has 1 aliphatic rings. The third-order valence-electron chi connectivity index (χ3n) is 2.47. The van der Waals surface area contributed by atoms with Gasteiger partial charge in [0.2, 0.25) is 10.0 Å². The molecule has 0 aromatic rings. The number of halogens is 1. The Hall–Kier alpha value is 0.350. The van der Waals surface area contributed by atoms with Crippen LogP contribution in [0, 0.1) is 0 Å². The first-order valence-electron chi connectivity index (χ1n) is 5.29. The lowest BCUT2D eigenvalue weighted by molar-refractivity contribution is 0.0321. The number of alkyl halides is 1. The van der Waals surface area contributed by atoms with Crippen LogP contribution in [0.1, 0.15) is 32.1 Å². The highest BCUT2D eigenvalue weighted by Gasteiger charge is 2.13. The highest BCUT2D eigenvalue weighted by atomic mass is 79.9. The zero-order chi connectivity index (χ0) is 11.1. The third-order valence-corrected chi connectivity index (χ3v) is 5.21. The first-order chi connectivity index (χ1) is 7.14. The van der Waals surface area contributed by atoms with Gasteiger partial charge in [0, 0.05) is 6.54 Å². The second kappa shape index (κ2) is 6.83. The summed E-state index contributed by atoms with van der Waals surface area (Å²) in [6, 6.07) is 0. The van der Waals surface area contributed by atoms with Crippen LogP contribution in [0.4, 0.5) is 0 Å². The van der Waals surface area contributed by atoms with E-state index in [-0.39, 0.29) is 4.66 Å². The fourth-order valence-electron chi connectivity index (χ4n) is 1.69. The second-order valence-corrected chi connectivity index (χ2v) is 6.86. The molecule has 4 nitrogen and oxygen atoms in total. The first-order valence-corrected chi connectivity index (χ1v) is 8.06. The summed E-state index contributed by atoms with van der Waals surface area (Å²) in [6.07, 6.45) is 6.34. The zero-order valence-electron chi connectivity index (χ0n) is 8.75. The van der Waals surface area contributed by atoms with Crippen LogP contribution in [0.3, 0.4) is 0 Å². The van der Waals surface area contributed by atoms with E-state index in [4.69, 9.17) is 4.74 Å². The van der Waals surface area contributed by atoms with Gasteiger partial charge in [-0.15, -0.1) is 0 Å². The molecule has 15 heavy (non-hydrogen) atoms. The maximum atomic E-state index is 11.0. The van der Waals surface area contributed by atoms with Gasteiger partial charge >= 0.3 is 0 Å². The number of rotatable bonds is 6. The van der Waals surface area contributed by atoms with Gasteiger partial charge in [-0.05, 0) is 12.8 Å². The van der Waals surface area contributed by atoms with Crippen molar-refractivity contribution in [3.8, 4) is 0 Å². The number of hydrogen-bond donors (Lipinski definition) is 1. The van der Waals surface area contributed by atoms with Crippen molar-refractivity contribution in [1.29, 1.82) is 0 Å². The molecule has 0 aliphatic heterocycles. The SMILES string of the molecule is O=S(=O)(CBr)NCCOC1CCCCC1. The van der Waals surface area contributed by atoms with E-state index in [2.05, 4.69) is 20.7 Å². The minimum absolute atomic E-state index is 0.0522. The highest BCUT2D eigenvalue weighted by molar-refractivity contribution is 9.10. The molecule has 0 heterocycles. The molecular weight excluding hydrogens is 282 g/mol. The van der Waals surface area contributed by atoms with Crippen LogP contribution in [0.25, 0.3) is 0 Å². The van der Waals surface area contributed by atoms with Crippen molar-refractivity contribution < 1.29 is 13.2 Å². The van der Waals surface area contributed by atoms with E-state index in [0.717, 1.165) is 12.8 Å². The van der Waals surface area contributed by atoms with Gasteiger partial charge in [-0.1, -0.05) is 35.2 Å². The van der Waals surface area contributed by atoms with Crippen LogP contribution in [0.15, 0.2) is 0 Å². The van der Waals surface area contributed by atoms with Gasteiger partial charge in [0.15, 0.2) is 0 Å². The molecule has 90 valence electrons. The summed E-state index contributed by atoms with van der Waals surface area (Å²) in [7, 11) is -3.14. The van der Waals surface area contributed by atoms with Gasteiger partial charge in [0.25, 0.3) is 0 Å². The quantitative estimate of drug-likeness (QED) is 0.599. The number of sulfonamides is 1. The molecule has 1 saturated carbocycles. The second-order valence-electron chi connectivity index (χ2n) is 3.75. The Morgan fingerprint density at radius 3 is 2.53 bits per heavy atom. The fourth-order valence-corrected chi connectivity index (χ4v) is 2.65. The molecule has 1 rings (SSSR count). The molecular formula is C9H18BrNO3S. The van der Waals surface area contributed by atoms with Crippen molar-refractivity contribution in [2.75, 3.05) is 17.8 Å². The Bertz CT molecular complexity index is 263. The van der Waals surface area contributed by atoms with E-state index in [1.807, 2.05) is 0 Å². The molecule has 6 heteroatoms. The Morgan fingerprint density at radius 1 is 1.27 bits per heavy atom. The Labute approximate surface area is 99.9 Å². The molecule has 0 aromatic carbocycles. The highest BCUT2D eigenvalue weighted by Crippen LogP contribution is 2.19. The van der Waals surface area contributed by atoms with Crippen LogP contribution >= 0.6 is 15.9 Å². The Kier molecular flexibility index (Phi) is 6.11. The number of ether oxygens (including phenoxy) is 1. The number of hydrogen-bond acceptors (Lipinski definition) is 3. The van der Waals surface area contributed by atoms with Gasteiger partial charge in [-0.2, -0.15) is 0 Å². The summed E-state index contributed by atoms with van der Waals surface area (Å²) in [5.41, 5.74) is 0. The summed E-state index contributed by atoms with van der Waals surface area (Å²) in [5, 5.41) is 0. The summed E-state index contributed by atoms with van der Waals surface area (Å²) >= 11 is 2.91. The minimum Gasteiger partial charge on any atom is -0.377 e. The van der Waals surface area contributed by atoms with Crippen LogP contribution in [0.5, 0.6) is 0 Å². The molecule has 1 N–H and O–H groups in total. The normalized spacial score (nSPS) is 19.3. The van der Waals surface area contributed by atoms with Crippen molar-refractivity contribution in [2.45, 2.75) is 38.2 Å². The summed E-state index contributed by atoms with van der Waals surface area (Å²) in [6.45, 7) is 0.835. The monoisotopic (exact) mass is 299 g/mol. The number of nitrogens with one attached hydrogen (secondary N) is 1. The van der Waals surface area contributed by atoms with E-state index in [1.54, 1.807) is 0 Å². The van der Waals surface area contributed by atoms with Crippen molar-refractivity contribution in [2.24, 2.45) is 0 Å². The minimum atomic E-state index is -3.14. The topological polar surface area (TPSA) is 55.4 Å². The van der Waals surface area contributed by atoms with Crippen molar-refractivity contribution in [3.63, 3.8) is 0 Å². The average Bonchev–Trinajstić information content (AvgIpc) is 2.26. The average molecular weight is 300 g/mol. The lowest BCUT2D eigenvalue weighted by Crippen LogP contribution is -2.29. The van der Waals surface area contributed by atoms with Gasteiger partial charge in [0.1, 0.15) is 4.66 Å². The molecule has 0 atom stereocenters. The zero-order valence-corrected chi connectivity index (χ0v) is 11.1. The maximum absolute atomic E-state index is 11.0. The van der Waals surface area contributed by atoms with Gasteiger partial charge in [0.05, 0.1) is 12.7 Å². The van der Waals surface area contributed by atoms with Crippen LogP contribution in [-0.4, -0.2) is 32.3 Å². The van der Waals surface area contributed by atoms with Gasteiger partial charge in [-0.3, -0.25) is 0 Å². The van der Waals surface area contributed by atoms with Crippen LogP contribution in [0.2, 0.25) is 0 Å². The predicted molar refractivity (Wildman–Crippen MR) is 63.5 cm³/mol. The van der Waals surface area contributed by atoms with E-state index in [0.29, 0.717) is 19.3 Å². The standard InChI is InChI=1S/C9H18BrNO3S/c10-8-15(12,13)11-6-7-14-9-4-2-1-3-5-9/h9,11H,1-8H2.